The van der Waals surface area contributed by atoms with Gasteiger partial charge < -0.3 is 19.0 Å². The highest BCUT2D eigenvalue weighted by atomic mass is 79.9. The van der Waals surface area contributed by atoms with Crippen LogP contribution in [0.15, 0.2) is 75.6 Å². The van der Waals surface area contributed by atoms with E-state index >= 15 is 0 Å². The minimum atomic E-state index is -0.0696. The molecular weight excluding hydrogens is 420 g/mol. The number of anilines is 1. The van der Waals surface area contributed by atoms with Crippen LogP contribution >= 0.6 is 15.9 Å². The van der Waals surface area contributed by atoms with Crippen molar-refractivity contribution in [3.63, 3.8) is 0 Å². The topological polar surface area (TPSA) is 45.9 Å². The minimum Gasteiger partial charge on any atom is -0.484 e. The SMILES string of the molecule is O=C(c1ccc(COc2ccccc2Br)o1)N1CCN(c2ccccc2)CC1. The number of carbonyl (C=O) groups is 1. The first-order chi connectivity index (χ1) is 13.7. The zero-order valence-electron chi connectivity index (χ0n) is 15.4. The van der Waals surface area contributed by atoms with Crippen molar-refractivity contribution in [2.45, 2.75) is 6.61 Å². The largest absolute Gasteiger partial charge is 0.484 e. The van der Waals surface area contributed by atoms with Crippen LogP contribution < -0.4 is 9.64 Å². The highest BCUT2D eigenvalue weighted by molar-refractivity contribution is 9.10. The molecule has 1 saturated heterocycles. The Labute approximate surface area is 172 Å². The molecule has 1 amide bonds. The Morgan fingerprint density at radius 3 is 2.39 bits per heavy atom. The average Bonchev–Trinajstić information content (AvgIpc) is 3.22. The molecule has 5 nitrogen and oxygen atoms in total. The highest BCUT2D eigenvalue weighted by Crippen LogP contribution is 2.25. The molecule has 1 aliphatic rings. The molecule has 1 aromatic heterocycles. The molecule has 144 valence electrons. The van der Waals surface area contributed by atoms with Gasteiger partial charge in [0, 0.05) is 31.9 Å². The standard InChI is InChI=1S/C22H21BrN2O3/c23-19-8-4-5-9-20(19)27-16-18-10-11-21(28-18)22(26)25-14-12-24(13-15-25)17-6-2-1-3-7-17/h1-11H,12-16H2. The van der Waals surface area contributed by atoms with Crippen molar-refractivity contribution in [1.29, 1.82) is 0 Å². The quantitative estimate of drug-likeness (QED) is 0.582. The van der Waals surface area contributed by atoms with Gasteiger partial charge in [-0.1, -0.05) is 30.3 Å². The monoisotopic (exact) mass is 440 g/mol. The molecule has 1 aliphatic heterocycles. The predicted molar refractivity (Wildman–Crippen MR) is 112 cm³/mol. The fourth-order valence-electron chi connectivity index (χ4n) is 3.24. The lowest BCUT2D eigenvalue weighted by atomic mass is 10.2. The van der Waals surface area contributed by atoms with E-state index in [0.29, 0.717) is 24.6 Å². The number of hydrogen-bond acceptors (Lipinski definition) is 4. The Morgan fingerprint density at radius 2 is 1.64 bits per heavy atom. The van der Waals surface area contributed by atoms with E-state index in [4.69, 9.17) is 9.15 Å². The third-order valence-electron chi connectivity index (χ3n) is 4.77. The maximum Gasteiger partial charge on any atom is 0.289 e. The van der Waals surface area contributed by atoms with Crippen molar-refractivity contribution in [1.82, 2.24) is 4.90 Å². The minimum absolute atomic E-state index is 0.0696. The molecule has 28 heavy (non-hydrogen) atoms. The van der Waals surface area contributed by atoms with E-state index in [9.17, 15) is 4.79 Å². The molecule has 2 heterocycles. The van der Waals surface area contributed by atoms with Gasteiger partial charge >= 0.3 is 0 Å². The lowest BCUT2D eigenvalue weighted by molar-refractivity contribution is 0.0710. The first kappa shape index (κ1) is 18.6. The average molecular weight is 441 g/mol. The number of benzene rings is 2. The van der Waals surface area contributed by atoms with E-state index in [0.717, 1.165) is 23.3 Å². The molecule has 0 unspecified atom stereocenters. The Kier molecular flexibility index (Phi) is 5.67. The zero-order chi connectivity index (χ0) is 19.3. The van der Waals surface area contributed by atoms with Crippen molar-refractivity contribution in [2.75, 3.05) is 31.1 Å². The lowest BCUT2D eigenvalue weighted by Crippen LogP contribution is -2.48. The number of ether oxygens (including phenoxy) is 1. The fraction of sp³-hybridized carbons (Fsp3) is 0.227. The van der Waals surface area contributed by atoms with Crippen molar-refractivity contribution in [3.05, 3.63) is 82.7 Å². The molecule has 0 aliphatic carbocycles. The van der Waals surface area contributed by atoms with Gasteiger partial charge in [-0.3, -0.25) is 4.79 Å². The van der Waals surface area contributed by atoms with Crippen LogP contribution in [0.2, 0.25) is 0 Å². The van der Waals surface area contributed by atoms with Crippen LogP contribution in [0, 0.1) is 0 Å². The highest BCUT2D eigenvalue weighted by Gasteiger charge is 2.24. The molecule has 4 rings (SSSR count). The summed E-state index contributed by atoms with van der Waals surface area (Å²) >= 11 is 3.45. The van der Waals surface area contributed by atoms with Gasteiger partial charge in [0.25, 0.3) is 5.91 Å². The van der Waals surface area contributed by atoms with Crippen molar-refractivity contribution < 1.29 is 13.9 Å². The van der Waals surface area contributed by atoms with Gasteiger partial charge in [-0.25, -0.2) is 0 Å². The van der Waals surface area contributed by atoms with Gasteiger partial charge in [0.15, 0.2) is 5.76 Å². The Bertz CT molecular complexity index is 934. The molecule has 0 spiro atoms. The second-order valence-corrected chi connectivity index (χ2v) is 7.45. The summed E-state index contributed by atoms with van der Waals surface area (Å²) in [4.78, 5) is 16.9. The summed E-state index contributed by atoms with van der Waals surface area (Å²) in [5, 5.41) is 0. The first-order valence-electron chi connectivity index (χ1n) is 9.26. The van der Waals surface area contributed by atoms with Crippen molar-refractivity contribution >= 4 is 27.5 Å². The summed E-state index contributed by atoms with van der Waals surface area (Å²) in [6.07, 6.45) is 0. The molecule has 0 N–H and O–H groups in total. The first-order valence-corrected chi connectivity index (χ1v) is 10.1. The molecule has 2 aromatic carbocycles. The van der Waals surface area contributed by atoms with Crippen LogP contribution in [0.3, 0.4) is 0 Å². The third-order valence-corrected chi connectivity index (χ3v) is 5.42. The smallest absolute Gasteiger partial charge is 0.289 e. The summed E-state index contributed by atoms with van der Waals surface area (Å²) in [5.74, 6) is 1.66. The predicted octanol–water partition coefficient (Wildman–Crippen LogP) is 4.58. The number of rotatable bonds is 5. The number of furan rings is 1. The summed E-state index contributed by atoms with van der Waals surface area (Å²) in [6.45, 7) is 3.26. The summed E-state index contributed by atoms with van der Waals surface area (Å²) in [6, 6.07) is 21.4. The molecular formula is C22H21BrN2O3. The number of halogens is 1. The van der Waals surface area contributed by atoms with Gasteiger partial charge in [0.05, 0.1) is 4.47 Å². The third kappa shape index (κ3) is 4.22. The summed E-state index contributed by atoms with van der Waals surface area (Å²) in [5.41, 5.74) is 1.19. The number of hydrogen-bond donors (Lipinski definition) is 0. The van der Waals surface area contributed by atoms with Crippen LogP contribution in [0.1, 0.15) is 16.3 Å². The molecule has 6 heteroatoms. The van der Waals surface area contributed by atoms with Crippen LogP contribution in [0.5, 0.6) is 5.75 Å². The van der Waals surface area contributed by atoms with Gasteiger partial charge in [-0.05, 0) is 52.3 Å². The second-order valence-electron chi connectivity index (χ2n) is 6.60. The molecule has 1 fully saturated rings. The molecule has 0 atom stereocenters. The Balaban J connectivity index is 1.33. The Morgan fingerprint density at radius 1 is 0.929 bits per heavy atom. The van der Waals surface area contributed by atoms with Crippen molar-refractivity contribution in [2.24, 2.45) is 0 Å². The summed E-state index contributed by atoms with van der Waals surface area (Å²) in [7, 11) is 0. The van der Waals surface area contributed by atoms with Gasteiger partial charge in [0.2, 0.25) is 0 Å². The van der Waals surface area contributed by atoms with Crippen molar-refractivity contribution in [3.8, 4) is 5.75 Å². The molecule has 3 aromatic rings. The van der Waals surface area contributed by atoms with Gasteiger partial charge in [-0.2, -0.15) is 0 Å². The van der Waals surface area contributed by atoms with E-state index in [2.05, 4.69) is 33.0 Å². The maximum atomic E-state index is 12.7. The zero-order valence-corrected chi connectivity index (χ0v) is 17.0. The van der Waals surface area contributed by atoms with Crippen LogP contribution in [0.4, 0.5) is 5.69 Å². The van der Waals surface area contributed by atoms with E-state index in [1.807, 2.05) is 47.4 Å². The fourth-order valence-corrected chi connectivity index (χ4v) is 3.64. The molecule has 0 radical (unpaired) electrons. The van der Waals surface area contributed by atoms with E-state index in [-0.39, 0.29) is 12.5 Å². The Hall–Kier alpha value is -2.73. The lowest BCUT2D eigenvalue weighted by Gasteiger charge is -2.35. The normalized spacial score (nSPS) is 14.2. The van der Waals surface area contributed by atoms with Gasteiger partial charge in [0.1, 0.15) is 18.1 Å². The van der Waals surface area contributed by atoms with Crippen LogP contribution in [-0.4, -0.2) is 37.0 Å². The van der Waals surface area contributed by atoms with Crippen LogP contribution in [-0.2, 0) is 6.61 Å². The van der Waals surface area contributed by atoms with E-state index in [1.54, 1.807) is 12.1 Å². The number of piperazine rings is 1. The van der Waals surface area contributed by atoms with Crippen LogP contribution in [0.25, 0.3) is 0 Å². The number of nitrogens with zero attached hydrogens (tertiary/aromatic N) is 2. The number of carbonyl (C=O) groups excluding carboxylic acids is 1. The molecule has 0 saturated carbocycles. The summed E-state index contributed by atoms with van der Waals surface area (Å²) < 4.78 is 12.4. The second kappa shape index (κ2) is 8.52. The molecule has 0 bridgehead atoms. The maximum absolute atomic E-state index is 12.7. The number of amides is 1. The number of para-hydroxylation sites is 2. The van der Waals surface area contributed by atoms with Gasteiger partial charge in [-0.15, -0.1) is 0 Å². The van der Waals surface area contributed by atoms with E-state index < -0.39 is 0 Å². The van der Waals surface area contributed by atoms with E-state index in [1.165, 1.54) is 5.69 Å².